The molecule has 0 saturated heterocycles. The molecule has 0 aliphatic heterocycles. The van der Waals surface area contributed by atoms with Crippen LogP contribution in [0.5, 0.6) is 0 Å². The van der Waals surface area contributed by atoms with Gasteiger partial charge in [0.05, 0.1) is 21.4 Å². The molecule has 4 aromatic heterocycles. The summed E-state index contributed by atoms with van der Waals surface area (Å²) in [6.07, 6.45) is 0.798. The monoisotopic (exact) mass is 565 g/mol. The zero-order valence-electron chi connectivity index (χ0n) is 18.0. The summed E-state index contributed by atoms with van der Waals surface area (Å²) in [5.74, 6) is 0.185. The van der Waals surface area contributed by atoms with Crippen molar-refractivity contribution >= 4 is 37.0 Å². The van der Waals surface area contributed by atoms with Crippen molar-refractivity contribution in [2.24, 2.45) is 0 Å². The Hall–Kier alpha value is -3.41. The maximum absolute atomic E-state index is 12.8. The van der Waals surface area contributed by atoms with Crippen molar-refractivity contribution in [1.82, 2.24) is 29.2 Å². The van der Waals surface area contributed by atoms with Gasteiger partial charge in [-0.05, 0) is 53.5 Å². The summed E-state index contributed by atoms with van der Waals surface area (Å²) in [4.78, 5) is 16.7. The first-order valence-electron chi connectivity index (χ1n) is 9.87. The molecule has 0 aromatic carbocycles. The number of nitriles is 1. The van der Waals surface area contributed by atoms with Gasteiger partial charge in [-0.3, -0.25) is 9.55 Å². The first kappa shape index (κ1) is 24.7. The lowest BCUT2D eigenvalue weighted by molar-refractivity contribution is -0.147. The van der Waals surface area contributed by atoms with Crippen molar-refractivity contribution in [2.45, 2.75) is 31.0 Å². The lowest BCUT2D eigenvalue weighted by Crippen LogP contribution is -2.42. The highest BCUT2D eigenvalue weighted by molar-refractivity contribution is 9.10. The summed E-state index contributed by atoms with van der Waals surface area (Å²) in [5, 5.41) is 10.5. The summed E-state index contributed by atoms with van der Waals surface area (Å²) in [7, 11) is -4.50. The standard InChI is InChI=1S/C21H15BrF3N7O2S/c1-11-5-15-16(6-26)18(32(19(15)28-7-11)20-29-8-13(22)9-30-20)17-4-3-14(10-27-17)35(33,34)31-12(2)21(23,24)25/h3-5,7-10,12,31H,1-2H3. The first-order valence-corrected chi connectivity index (χ1v) is 12.1. The number of fused-ring (bicyclic) bond motifs is 1. The fourth-order valence-electron chi connectivity index (χ4n) is 3.29. The van der Waals surface area contributed by atoms with Crippen LogP contribution in [-0.2, 0) is 10.0 Å². The van der Waals surface area contributed by atoms with Crippen LogP contribution in [0.1, 0.15) is 18.1 Å². The van der Waals surface area contributed by atoms with Gasteiger partial charge in [0, 0.05) is 30.2 Å². The van der Waals surface area contributed by atoms with E-state index in [9.17, 15) is 26.9 Å². The third-order valence-electron chi connectivity index (χ3n) is 4.98. The molecule has 4 rings (SSSR count). The normalized spacial score (nSPS) is 13.1. The largest absolute Gasteiger partial charge is 0.404 e. The SMILES string of the molecule is Cc1cnc2c(c1)c(C#N)c(-c1ccc(S(=O)(=O)NC(C)C(F)(F)F)cn1)n2-c1ncc(Br)cn1. The Labute approximate surface area is 205 Å². The number of aromatic nitrogens is 5. The summed E-state index contributed by atoms with van der Waals surface area (Å²) in [6.45, 7) is 2.51. The van der Waals surface area contributed by atoms with Gasteiger partial charge in [-0.1, -0.05) is 0 Å². The lowest BCUT2D eigenvalue weighted by Gasteiger charge is -2.17. The number of aryl methyl sites for hydroxylation is 1. The van der Waals surface area contributed by atoms with Crippen molar-refractivity contribution in [2.75, 3.05) is 0 Å². The van der Waals surface area contributed by atoms with E-state index in [0.717, 1.165) is 17.8 Å². The number of hydrogen-bond acceptors (Lipinski definition) is 7. The van der Waals surface area contributed by atoms with Crippen LogP contribution in [0.3, 0.4) is 0 Å². The summed E-state index contributed by atoms with van der Waals surface area (Å²) >= 11 is 3.27. The van der Waals surface area contributed by atoms with Gasteiger partial charge in [-0.15, -0.1) is 0 Å². The number of hydrogen-bond donors (Lipinski definition) is 1. The lowest BCUT2D eigenvalue weighted by atomic mass is 10.1. The first-order chi connectivity index (χ1) is 16.4. The number of nitrogens with zero attached hydrogens (tertiary/aromatic N) is 6. The minimum atomic E-state index is -4.75. The molecule has 1 atom stereocenters. The fraction of sp³-hybridized carbons (Fsp3) is 0.190. The maximum Gasteiger partial charge on any atom is 0.404 e. The zero-order chi connectivity index (χ0) is 25.5. The van der Waals surface area contributed by atoms with Gasteiger partial charge >= 0.3 is 6.18 Å². The average molecular weight is 566 g/mol. The molecular weight excluding hydrogens is 551 g/mol. The Morgan fingerprint density at radius 2 is 1.80 bits per heavy atom. The molecule has 1 unspecified atom stereocenters. The maximum atomic E-state index is 12.8. The highest BCUT2D eigenvalue weighted by Crippen LogP contribution is 2.34. The highest BCUT2D eigenvalue weighted by atomic mass is 79.9. The van der Waals surface area contributed by atoms with Crippen LogP contribution in [0.25, 0.3) is 28.4 Å². The van der Waals surface area contributed by atoms with Gasteiger partial charge in [0.2, 0.25) is 16.0 Å². The second-order valence-electron chi connectivity index (χ2n) is 7.52. The Morgan fingerprint density at radius 3 is 2.37 bits per heavy atom. The Kier molecular flexibility index (Phi) is 6.34. The topological polar surface area (TPSA) is 126 Å². The van der Waals surface area contributed by atoms with E-state index in [-0.39, 0.29) is 22.9 Å². The quantitative estimate of drug-likeness (QED) is 0.386. The van der Waals surface area contributed by atoms with Gasteiger partial charge in [0.25, 0.3) is 0 Å². The molecule has 0 saturated carbocycles. The van der Waals surface area contributed by atoms with Gasteiger partial charge in [-0.25, -0.2) is 23.4 Å². The predicted octanol–water partition coefficient (Wildman–Crippen LogP) is 4.05. The molecular formula is C21H15BrF3N7O2S. The van der Waals surface area contributed by atoms with Crippen molar-refractivity contribution in [1.29, 1.82) is 5.26 Å². The minimum absolute atomic E-state index is 0.173. The molecule has 9 nitrogen and oxygen atoms in total. The molecule has 180 valence electrons. The predicted molar refractivity (Wildman–Crippen MR) is 123 cm³/mol. The van der Waals surface area contributed by atoms with Crippen molar-refractivity contribution in [3.63, 3.8) is 0 Å². The van der Waals surface area contributed by atoms with Gasteiger partial charge < -0.3 is 0 Å². The van der Waals surface area contributed by atoms with E-state index in [1.807, 2.05) is 6.92 Å². The second-order valence-corrected chi connectivity index (χ2v) is 10.1. The van der Waals surface area contributed by atoms with Crippen molar-refractivity contribution in [3.8, 4) is 23.4 Å². The second kappa shape index (κ2) is 8.99. The molecule has 4 aromatic rings. The zero-order valence-corrected chi connectivity index (χ0v) is 20.4. The third-order valence-corrected chi connectivity index (χ3v) is 6.91. The molecule has 0 fully saturated rings. The number of halogens is 4. The molecule has 0 aliphatic rings. The van der Waals surface area contributed by atoms with Crippen LogP contribution in [0.15, 0.2) is 52.4 Å². The van der Waals surface area contributed by atoms with E-state index in [1.165, 1.54) is 23.0 Å². The molecule has 0 radical (unpaired) electrons. The summed E-state index contributed by atoms with van der Waals surface area (Å²) in [5.41, 5.74) is 1.81. The third kappa shape index (κ3) is 4.75. The van der Waals surface area contributed by atoms with Crippen molar-refractivity contribution in [3.05, 3.63) is 58.6 Å². The highest BCUT2D eigenvalue weighted by Gasteiger charge is 2.39. The number of nitrogens with one attached hydrogen (secondary N) is 1. The number of rotatable bonds is 5. The molecule has 14 heteroatoms. The molecule has 4 heterocycles. The molecule has 0 amide bonds. The van der Waals surface area contributed by atoms with Crippen LogP contribution in [0.2, 0.25) is 0 Å². The van der Waals surface area contributed by atoms with Crippen LogP contribution in [0.4, 0.5) is 13.2 Å². The van der Waals surface area contributed by atoms with Gasteiger partial charge in [0.15, 0.2) is 0 Å². The number of sulfonamides is 1. The van der Waals surface area contributed by atoms with Crippen LogP contribution in [-0.4, -0.2) is 45.1 Å². The molecule has 0 bridgehead atoms. The van der Waals surface area contributed by atoms with E-state index >= 15 is 0 Å². The summed E-state index contributed by atoms with van der Waals surface area (Å²) in [6, 6.07) is 4.01. The smallest absolute Gasteiger partial charge is 0.259 e. The van der Waals surface area contributed by atoms with Gasteiger partial charge in [-0.2, -0.15) is 23.2 Å². The number of alkyl halides is 3. The molecule has 35 heavy (non-hydrogen) atoms. The Balaban J connectivity index is 1.88. The van der Waals surface area contributed by atoms with E-state index in [1.54, 1.807) is 17.0 Å². The molecule has 1 N–H and O–H groups in total. The Bertz CT molecular complexity index is 1560. The minimum Gasteiger partial charge on any atom is -0.259 e. The van der Waals surface area contributed by atoms with Gasteiger partial charge in [0.1, 0.15) is 22.7 Å². The Morgan fingerprint density at radius 1 is 1.11 bits per heavy atom. The summed E-state index contributed by atoms with van der Waals surface area (Å²) < 4.78 is 67.0. The van der Waals surface area contributed by atoms with Crippen molar-refractivity contribution < 1.29 is 21.6 Å². The van der Waals surface area contributed by atoms with E-state index in [2.05, 4.69) is 41.9 Å². The van der Waals surface area contributed by atoms with E-state index in [0.29, 0.717) is 22.4 Å². The van der Waals surface area contributed by atoms with Crippen LogP contribution >= 0.6 is 15.9 Å². The van der Waals surface area contributed by atoms with Crippen LogP contribution < -0.4 is 4.72 Å². The van der Waals surface area contributed by atoms with Crippen LogP contribution in [0, 0.1) is 18.3 Å². The fourth-order valence-corrected chi connectivity index (χ4v) is 4.67. The molecule has 0 spiro atoms. The average Bonchev–Trinajstić information content (AvgIpc) is 3.12. The van der Waals surface area contributed by atoms with E-state index in [4.69, 9.17) is 0 Å². The molecule has 0 aliphatic carbocycles. The van der Waals surface area contributed by atoms with E-state index < -0.39 is 27.1 Å². The number of pyridine rings is 2.